The number of nitrogens with zero attached hydrogens (tertiary/aromatic N) is 1. The minimum absolute atomic E-state index is 0.0562. The maximum absolute atomic E-state index is 9.87. The first-order chi connectivity index (χ1) is 9.35. The van der Waals surface area contributed by atoms with Crippen molar-refractivity contribution in [3.8, 4) is 17.6 Å². The van der Waals surface area contributed by atoms with Gasteiger partial charge in [-0.05, 0) is 32.9 Å². The highest BCUT2D eigenvalue weighted by molar-refractivity contribution is 5.46. The van der Waals surface area contributed by atoms with Gasteiger partial charge in [-0.3, -0.25) is 0 Å². The molecule has 0 spiro atoms. The van der Waals surface area contributed by atoms with E-state index in [-0.39, 0.29) is 12.1 Å². The molecule has 0 aromatic heterocycles. The molecular formula is C15H22N2O3. The Hall–Kier alpha value is -1.77. The molecule has 20 heavy (non-hydrogen) atoms. The second-order valence-electron chi connectivity index (χ2n) is 5.57. The monoisotopic (exact) mass is 278 g/mol. The molecule has 0 bridgehead atoms. The zero-order valence-electron chi connectivity index (χ0n) is 12.4. The van der Waals surface area contributed by atoms with Crippen LogP contribution in [-0.2, 0) is 0 Å². The van der Waals surface area contributed by atoms with Crippen LogP contribution in [0.25, 0.3) is 0 Å². The quantitative estimate of drug-likeness (QED) is 0.828. The third kappa shape index (κ3) is 5.47. The molecule has 0 amide bonds. The van der Waals surface area contributed by atoms with Crippen molar-refractivity contribution in [2.45, 2.75) is 32.4 Å². The van der Waals surface area contributed by atoms with Crippen LogP contribution in [0.15, 0.2) is 18.2 Å². The van der Waals surface area contributed by atoms with E-state index in [1.54, 1.807) is 18.2 Å². The molecule has 0 aliphatic rings. The number of rotatable bonds is 6. The number of aliphatic hydroxyl groups excluding tert-OH is 1. The standard InChI is InChI=1S/C15H22N2O3/c1-15(2,3)17-9-12(18)10-20-14-7-11(8-16)5-6-13(14)19-4/h5-7,12,17-18H,9-10H2,1-4H3. The van der Waals surface area contributed by atoms with Crippen LogP contribution < -0.4 is 14.8 Å². The van der Waals surface area contributed by atoms with Gasteiger partial charge in [0.1, 0.15) is 12.7 Å². The second kappa shape index (κ2) is 7.13. The molecule has 1 unspecified atom stereocenters. The van der Waals surface area contributed by atoms with Crippen LogP contribution in [0.2, 0.25) is 0 Å². The number of ether oxygens (including phenoxy) is 2. The van der Waals surface area contributed by atoms with E-state index in [1.165, 1.54) is 7.11 Å². The molecule has 1 atom stereocenters. The first-order valence-electron chi connectivity index (χ1n) is 6.50. The van der Waals surface area contributed by atoms with E-state index in [2.05, 4.69) is 5.32 Å². The molecule has 1 rings (SSSR count). The summed E-state index contributed by atoms with van der Waals surface area (Å²) in [5.41, 5.74) is 0.433. The van der Waals surface area contributed by atoms with Crippen LogP contribution >= 0.6 is 0 Å². The molecule has 0 radical (unpaired) electrons. The van der Waals surface area contributed by atoms with Gasteiger partial charge >= 0.3 is 0 Å². The first-order valence-corrected chi connectivity index (χ1v) is 6.50. The van der Waals surface area contributed by atoms with Crippen LogP contribution in [0, 0.1) is 11.3 Å². The van der Waals surface area contributed by atoms with Crippen molar-refractivity contribution >= 4 is 0 Å². The molecule has 0 saturated heterocycles. The van der Waals surface area contributed by atoms with Crippen molar-refractivity contribution in [1.82, 2.24) is 5.32 Å². The van der Waals surface area contributed by atoms with Gasteiger partial charge in [0.25, 0.3) is 0 Å². The van der Waals surface area contributed by atoms with Gasteiger partial charge in [0.05, 0.1) is 18.7 Å². The molecule has 5 heteroatoms. The molecule has 1 aromatic carbocycles. The Balaban J connectivity index is 2.58. The number of benzene rings is 1. The van der Waals surface area contributed by atoms with Gasteiger partial charge in [-0.25, -0.2) is 0 Å². The Morgan fingerprint density at radius 1 is 1.35 bits per heavy atom. The van der Waals surface area contributed by atoms with E-state index in [0.29, 0.717) is 23.6 Å². The second-order valence-corrected chi connectivity index (χ2v) is 5.57. The molecular weight excluding hydrogens is 256 g/mol. The molecule has 2 N–H and O–H groups in total. The molecule has 0 saturated carbocycles. The largest absolute Gasteiger partial charge is 0.493 e. The van der Waals surface area contributed by atoms with Crippen molar-refractivity contribution in [3.63, 3.8) is 0 Å². The number of hydrogen-bond acceptors (Lipinski definition) is 5. The smallest absolute Gasteiger partial charge is 0.162 e. The molecule has 1 aromatic rings. The van der Waals surface area contributed by atoms with Crippen molar-refractivity contribution in [2.24, 2.45) is 0 Å². The van der Waals surface area contributed by atoms with Gasteiger partial charge in [0, 0.05) is 18.2 Å². The van der Waals surface area contributed by atoms with E-state index in [4.69, 9.17) is 14.7 Å². The predicted molar refractivity (Wildman–Crippen MR) is 77.0 cm³/mol. The number of methoxy groups -OCH3 is 1. The van der Waals surface area contributed by atoms with Crippen LogP contribution in [0.4, 0.5) is 0 Å². The van der Waals surface area contributed by atoms with Crippen LogP contribution in [0.1, 0.15) is 26.3 Å². The van der Waals surface area contributed by atoms with Crippen molar-refractivity contribution in [3.05, 3.63) is 23.8 Å². The third-order valence-corrected chi connectivity index (χ3v) is 2.59. The molecule has 110 valence electrons. The Kier molecular flexibility index (Phi) is 5.81. The van der Waals surface area contributed by atoms with Crippen molar-refractivity contribution < 1.29 is 14.6 Å². The van der Waals surface area contributed by atoms with Crippen molar-refractivity contribution in [1.29, 1.82) is 5.26 Å². The van der Waals surface area contributed by atoms with E-state index < -0.39 is 6.10 Å². The molecule has 0 aliphatic carbocycles. The molecule has 0 heterocycles. The lowest BCUT2D eigenvalue weighted by molar-refractivity contribution is 0.0985. The van der Waals surface area contributed by atoms with Crippen molar-refractivity contribution in [2.75, 3.05) is 20.3 Å². The highest BCUT2D eigenvalue weighted by atomic mass is 16.5. The van der Waals surface area contributed by atoms with Gasteiger partial charge in [0.15, 0.2) is 11.5 Å². The lowest BCUT2D eigenvalue weighted by Crippen LogP contribution is -2.42. The van der Waals surface area contributed by atoms with Gasteiger partial charge in [-0.15, -0.1) is 0 Å². The number of β-amino-alcohol motifs (C(OH)–C–C–N with tert-alkyl or cyclic N) is 1. The summed E-state index contributed by atoms with van der Waals surface area (Å²) in [5, 5.41) is 21.9. The molecule has 0 aliphatic heterocycles. The summed E-state index contributed by atoms with van der Waals surface area (Å²) in [7, 11) is 1.53. The fraction of sp³-hybridized carbons (Fsp3) is 0.533. The average molecular weight is 278 g/mol. The summed E-state index contributed by atoms with van der Waals surface area (Å²) >= 11 is 0. The first kappa shape index (κ1) is 16.3. The topological polar surface area (TPSA) is 74.5 Å². The fourth-order valence-electron chi connectivity index (χ4n) is 1.53. The minimum Gasteiger partial charge on any atom is -0.493 e. The fourth-order valence-corrected chi connectivity index (χ4v) is 1.53. The van der Waals surface area contributed by atoms with Crippen LogP contribution in [-0.4, -0.2) is 37.0 Å². The summed E-state index contributed by atoms with van der Waals surface area (Å²) < 4.78 is 10.7. The third-order valence-electron chi connectivity index (χ3n) is 2.59. The predicted octanol–water partition coefficient (Wildman–Crippen LogP) is 1.69. The molecule has 5 nitrogen and oxygen atoms in total. The van der Waals surface area contributed by atoms with Crippen LogP contribution in [0.3, 0.4) is 0 Å². The maximum atomic E-state index is 9.87. The Bertz CT molecular complexity index is 475. The lowest BCUT2D eigenvalue weighted by Gasteiger charge is -2.23. The van der Waals surface area contributed by atoms with Gasteiger partial charge < -0.3 is 19.9 Å². The molecule has 0 fully saturated rings. The maximum Gasteiger partial charge on any atom is 0.162 e. The van der Waals surface area contributed by atoms with Crippen LogP contribution in [0.5, 0.6) is 11.5 Å². The zero-order valence-corrected chi connectivity index (χ0v) is 12.4. The highest BCUT2D eigenvalue weighted by Gasteiger charge is 2.14. The Morgan fingerprint density at radius 2 is 2.05 bits per heavy atom. The zero-order chi connectivity index (χ0) is 15.2. The lowest BCUT2D eigenvalue weighted by atomic mass is 10.1. The summed E-state index contributed by atoms with van der Waals surface area (Å²) in [4.78, 5) is 0. The SMILES string of the molecule is COc1ccc(C#N)cc1OCC(O)CNC(C)(C)C. The number of nitriles is 1. The minimum atomic E-state index is -0.635. The Morgan fingerprint density at radius 3 is 2.60 bits per heavy atom. The van der Waals surface area contributed by atoms with E-state index in [0.717, 1.165) is 0 Å². The summed E-state index contributed by atoms with van der Waals surface area (Å²) in [6.45, 7) is 6.65. The number of aliphatic hydroxyl groups is 1. The summed E-state index contributed by atoms with van der Waals surface area (Å²) in [6, 6.07) is 6.97. The van der Waals surface area contributed by atoms with E-state index >= 15 is 0 Å². The highest BCUT2D eigenvalue weighted by Crippen LogP contribution is 2.27. The number of hydrogen-bond donors (Lipinski definition) is 2. The average Bonchev–Trinajstić information content (AvgIpc) is 2.41. The van der Waals surface area contributed by atoms with Gasteiger partial charge in [0.2, 0.25) is 0 Å². The Labute approximate surface area is 120 Å². The summed E-state index contributed by atoms with van der Waals surface area (Å²) in [5.74, 6) is 1.00. The van der Waals surface area contributed by atoms with Gasteiger partial charge in [-0.1, -0.05) is 0 Å². The normalized spacial score (nSPS) is 12.6. The van der Waals surface area contributed by atoms with Gasteiger partial charge in [-0.2, -0.15) is 5.26 Å². The summed E-state index contributed by atoms with van der Waals surface area (Å²) in [6.07, 6.45) is -0.635. The van der Waals surface area contributed by atoms with E-state index in [1.807, 2.05) is 26.8 Å². The number of nitrogens with one attached hydrogen (secondary N) is 1. The van der Waals surface area contributed by atoms with E-state index in [9.17, 15) is 5.11 Å².